The summed E-state index contributed by atoms with van der Waals surface area (Å²) in [6.07, 6.45) is 1.52. The van der Waals surface area contributed by atoms with Crippen molar-refractivity contribution >= 4 is 11.6 Å². The van der Waals surface area contributed by atoms with Gasteiger partial charge in [0.25, 0.3) is 5.91 Å². The van der Waals surface area contributed by atoms with Crippen molar-refractivity contribution in [3.8, 4) is 5.75 Å². The van der Waals surface area contributed by atoms with E-state index < -0.39 is 0 Å². The van der Waals surface area contributed by atoms with Crippen LogP contribution in [0.4, 0.5) is 5.69 Å². The molecule has 0 unspecified atom stereocenters. The second-order valence-corrected chi connectivity index (χ2v) is 4.34. The maximum atomic E-state index is 12.1. The second-order valence-electron chi connectivity index (χ2n) is 4.34. The zero-order valence-corrected chi connectivity index (χ0v) is 11.4. The Labute approximate surface area is 117 Å². The number of carbonyl (C=O) groups excluding carboxylic acids is 1. The van der Waals surface area contributed by atoms with Crippen molar-refractivity contribution in [2.75, 3.05) is 12.4 Å². The summed E-state index contributed by atoms with van der Waals surface area (Å²) in [7, 11) is 1.53. The number of hydrogen-bond donors (Lipinski definition) is 2. The number of aromatic nitrogens is 1. The van der Waals surface area contributed by atoms with Crippen molar-refractivity contribution in [2.24, 2.45) is 0 Å². The first-order valence-corrected chi connectivity index (χ1v) is 6.16. The number of methoxy groups -OCH3 is 1. The van der Waals surface area contributed by atoms with Crippen LogP contribution < -0.4 is 10.1 Å². The highest BCUT2D eigenvalue weighted by Gasteiger charge is 2.10. The van der Waals surface area contributed by atoms with E-state index in [1.54, 1.807) is 18.2 Å². The molecule has 2 rings (SSSR count). The Balaban J connectivity index is 2.22. The number of aryl methyl sites for hydroxylation is 1. The Bertz CT molecular complexity index is 626. The highest BCUT2D eigenvalue weighted by Crippen LogP contribution is 2.18. The Hall–Kier alpha value is -2.40. The fraction of sp³-hybridized carbons (Fsp3) is 0.200. The van der Waals surface area contributed by atoms with Crippen LogP contribution in [0.1, 0.15) is 21.6 Å². The minimum Gasteiger partial charge on any atom is -0.497 e. The predicted octanol–water partition coefficient (Wildman–Crippen LogP) is 2.14. The van der Waals surface area contributed by atoms with Crippen molar-refractivity contribution in [1.82, 2.24) is 4.98 Å². The number of amides is 1. The first kappa shape index (κ1) is 14.0. The summed E-state index contributed by atoms with van der Waals surface area (Å²) in [5.41, 5.74) is 2.59. The summed E-state index contributed by atoms with van der Waals surface area (Å²) in [5, 5.41) is 11.9. The third-order valence-electron chi connectivity index (χ3n) is 2.93. The van der Waals surface area contributed by atoms with Crippen LogP contribution in [0.3, 0.4) is 0 Å². The highest BCUT2D eigenvalue weighted by atomic mass is 16.5. The zero-order valence-electron chi connectivity index (χ0n) is 11.4. The number of pyridine rings is 1. The predicted molar refractivity (Wildman–Crippen MR) is 75.8 cm³/mol. The summed E-state index contributed by atoms with van der Waals surface area (Å²) >= 11 is 0. The van der Waals surface area contributed by atoms with Crippen LogP contribution in [0, 0.1) is 6.92 Å². The standard InChI is InChI=1S/C15H16N2O3/c1-10-3-4-11(9-18)7-13(10)17-15(19)14-8-12(20-2)5-6-16-14/h3-8,18H,9H2,1-2H3,(H,17,19). The summed E-state index contributed by atoms with van der Waals surface area (Å²) < 4.78 is 5.06. The van der Waals surface area contributed by atoms with Crippen molar-refractivity contribution in [3.63, 3.8) is 0 Å². The van der Waals surface area contributed by atoms with E-state index in [0.29, 0.717) is 11.4 Å². The van der Waals surface area contributed by atoms with Gasteiger partial charge in [-0.25, -0.2) is 0 Å². The maximum absolute atomic E-state index is 12.1. The number of nitrogens with one attached hydrogen (secondary N) is 1. The van der Waals surface area contributed by atoms with Gasteiger partial charge in [0.2, 0.25) is 0 Å². The lowest BCUT2D eigenvalue weighted by Crippen LogP contribution is -2.14. The molecule has 5 nitrogen and oxygen atoms in total. The van der Waals surface area contributed by atoms with Crippen molar-refractivity contribution in [3.05, 3.63) is 53.3 Å². The highest BCUT2D eigenvalue weighted by molar-refractivity contribution is 6.03. The molecule has 0 bridgehead atoms. The smallest absolute Gasteiger partial charge is 0.274 e. The molecule has 104 valence electrons. The molecule has 0 aliphatic rings. The van der Waals surface area contributed by atoms with E-state index in [9.17, 15) is 4.79 Å². The van der Waals surface area contributed by atoms with Gasteiger partial charge in [0.1, 0.15) is 11.4 Å². The number of anilines is 1. The van der Waals surface area contributed by atoms with Gasteiger partial charge in [0.15, 0.2) is 0 Å². The quantitative estimate of drug-likeness (QED) is 0.894. The number of aliphatic hydroxyl groups is 1. The van der Waals surface area contributed by atoms with Crippen LogP contribution in [0.25, 0.3) is 0 Å². The molecular formula is C15H16N2O3. The fourth-order valence-electron chi connectivity index (χ4n) is 1.75. The maximum Gasteiger partial charge on any atom is 0.274 e. The van der Waals surface area contributed by atoms with Gasteiger partial charge in [-0.1, -0.05) is 12.1 Å². The summed E-state index contributed by atoms with van der Waals surface area (Å²) in [4.78, 5) is 16.2. The van der Waals surface area contributed by atoms with Crippen LogP contribution in [-0.2, 0) is 6.61 Å². The first-order valence-electron chi connectivity index (χ1n) is 6.16. The number of carbonyl (C=O) groups is 1. The van der Waals surface area contributed by atoms with Gasteiger partial charge >= 0.3 is 0 Å². The van der Waals surface area contributed by atoms with Gasteiger partial charge in [-0.2, -0.15) is 0 Å². The lowest BCUT2D eigenvalue weighted by Gasteiger charge is -2.10. The van der Waals surface area contributed by atoms with Gasteiger partial charge in [-0.3, -0.25) is 9.78 Å². The monoisotopic (exact) mass is 272 g/mol. The Morgan fingerprint density at radius 3 is 2.85 bits per heavy atom. The molecule has 0 radical (unpaired) electrons. The molecular weight excluding hydrogens is 256 g/mol. The summed E-state index contributed by atoms with van der Waals surface area (Å²) in [6, 6.07) is 8.65. The Kier molecular flexibility index (Phi) is 4.32. The van der Waals surface area contributed by atoms with Crippen LogP contribution in [0.15, 0.2) is 36.5 Å². The van der Waals surface area contributed by atoms with Gasteiger partial charge in [-0.05, 0) is 30.2 Å². The van der Waals surface area contributed by atoms with E-state index in [2.05, 4.69) is 10.3 Å². The molecule has 0 fully saturated rings. The van der Waals surface area contributed by atoms with E-state index in [1.165, 1.54) is 13.3 Å². The summed E-state index contributed by atoms with van der Waals surface area (Å²) in [5.74, 6) is 0.257. The molecule has 1 aromatic carbocycles. The largest absolute Gasteiger partial charge is 0.497 e. The van der Waals surface area contributed by atoms with E-state index in [4.69, 9.17) is 9.84 Å². The number of nitrogens with zero attached hydrogens (tertiary/aromatic N) is 1. The third-order valence-corrected chi connectivity index (χ3v) is 2.93. The van der Waals surface area contributed by atoms with E-state index in [1.807, 2.05) is 19.1 Å². The molecule has 0 atom stereocenters. The van der Waals surface area contributed by atoms with Crippen LogP contribution in [-0.4, -0.2) is 23.1 Å². The van der Waals surface area contributed by atoms with E-state index in [0.717, 1.165) is 11.1 Å². The lowest BCUT2D eigenvalue weighted by atomic mass is 10.1. The fourth-order valence-corrected chi connectivity index (χ4v) is 1.75. The number of hydrogen-bond acceptors (Lipinski definition) is 4. The van der Waals surface area contributed by atoms with Crippen LogP contribution >= 0.6 is 0 Å². The molecule has 20 heavy (non-hydrogen) atoms. The SMILES string of the molecule is COc1ccnc(C(=O)Nc2cc(CO)ccc2C)c1. The molecule has 1 amide bonds. The molecule has 1 heterocycles. The third kappa shape index (κ3) is 3.13. The molecule has 0 aliphatic carbocycles. The average molecular weight is 272 g/mol. The van der Waals surface area contributed by atoms with Crippen molar-refractivity contribution in [2.45, 2.75) is 13.5 Å². The summed E-state index contributed by atoms with van der Waals surface area (Å²) in [6.45, 7) is 1.82. The topological polar surface area (TPSA) is 71.5 Å². The number of ether oxygens (including phenoxy) is 1. The number of rotatable bonds is 4. The Morgan fingerprint density at radius 2 is 2.15 bits per heavy atom. The van der Waals surface area contributed by atoms with E-state index >= 15 is 0 Å². The van der Waals surface area contributed by atoms with Gasteiger partial charge in [-0.15, -0.1) is 0 Å². The van der Waals surface area contributed by atoms with Crippen molar-refractivity contribution in [1.29, 1.82) is 0 Å². The van der Waals surface area contributed by atoms with Gasteiger partial charge in [0, 0.05) is 18.0 Å². The number of aliphatic hydroxyl groups excluding tert-OH is 1. The van der Waals surface area contributed by atoms with Crippen molar-refractivity contribution < 1.29 is 14.6 Å². The number of benzene rings is 1. The van der Waals surface area contributed by atoms with Crippen LogP contribution in [0.5, 0.6) is 5.75 Å². The normalized spacial score (nSPS) is 10.2. The molecule has 0 saturated heterocycles. The molecule has 5 heteroatoms. The average Bonchev–Trinajstić information content (AvgIpc) is 2.49. The molecule has 0 saturated carbocycles. The molecule has 2 aromatic rings. The molecule has 2 N–H and O–H groups in total. The first-order chi connectivity index (χ1) is 9.63. The Morgan fingerprint density at radius 1 is 1.35 bits per heavy atom. The van der Waals surface area contributed by atoms with E-state index in [-0.39, 0.29) is 18.2 Å². The lowest BCUT2D eigenvalue weighted by molar-refractivity contribution is 0.102. The van der Waals surface area contributed by atoms with Crippen LogP contribution in [0.2, 0.25) is 0 Å². The second kappa shape index (κ2) is 6.16. The molecule has 1 aromatic heterocycles. The minimum absolute atomic E-state index is 0.0689. The zero-order chi connectivity index (χ0) is 14.5. The van der Waals surface area contributed by atoms with Gasteiger partial charge in [0.05, 0.1) is 13.7 Å². The molecule has 0 spiro atoms. The molecule has 0 aliphatic heterocycles. The minimum atomic E-state index is -0.318. The van der Waals surface area contributed by atoms with Gasteiger partial charge < -0.3 is 15.2 Å².